The average molecular weight is 524 g/mol. The van der Waals surface area contributed by atoms with Crippen LogP contribution >= 0.6 is 0 Å². The van der Waals surface area contributed by atoms with Crippen LogP contribution < -0.4 is 0 Å². The molecule has 1 aromatic heterocycles. The highest BCUT2D eigenvalue weighted by molar-refractivity contribution is 6.01. The number of rotatable bonds is 8. The molecule has 0 aromatic carbocycles. The van der Waals surface area contributed by atoms with Crippen LogP contribution in [0.5, 0.6) is 0 Å². The highest BCUT2D eigenvalue weighted by Crippen LogP contribution is 2.41. The SMILES string of the molecule is C=C(c1cc(CCC2CCCCC2)nc(C2CC2)c1)N1CC2=C(C1)CN(C(=C)N1CCC3=C(CN=C3C)C1)C2. The van der Waals surface area contributed by atoms with E-state index in [0.717, 1.165) is 64.6 Å². The van der Waals surface area contributed by atoms with E-state index in [2.05, 4.69) is 51.9 Å². The number of hydrogen-bond donors (Lipinski definition) is 0. The molecule has 5 nitrogen and oxygen atoms in total. The number of aryl methyl sites for hydroxylation is 1. The second-order valence-electron chi connectivity index (χ2n) is 13.0. The van der Waals surface area contributed by atoms with Crippen LogP contribution in [-0.4, -0.2) is 71.2 Å². The third-order valence-electron chi connectivity index (χ3n) is 10.3. The van der Waals surface area contributed by atoms with Crippen LogP contribution in [0.25, 0.3) is 5.70 Å². The van der Waals surface area contributed by atoms with Gasteiger partial charge in [0.1, 0.15) is 0 Å². The number of hydrogen-bond acceptors (Lipinski definition) is 5. The van der Waals surface area contributed by atoms with Crippen LogP contribution in [0, 0.1) is 5.92 Å². The summed E-state index contributed by atoms with van der Waals surface area (Å²) in [5, 5.41) is 0. The van der Waals surface area contributed by atoms with E-state index in [4.69, 9.17) is 4.98 Å². The summed E-state index contributed by atoms with van der Waals surface area (Å²) in [7, 11) is 0. The maximum atomic E-state index is 5.14. The monoisotopic (exact) mass is 523 g/mol. The molecule has 0 saturated heterocycles. The minimum atomic E-state index is 0.675. The van der Waals surface area contributed by atoms with Gasteiger partial charge in [-0.1, -0.05) is 45.3 Å². The van der Waals surface area contributed by atoms with Crippen LogP contribution in [0.15, 0.2) is 58.4 Å². The summed E-state index contributed by atoms with van der Waals surface area (Å²) in [6.07, 6.45) is 13.2. The topological polar surface area (TPSA) is 35.0 Å². The first-order chi connectivity index (χ1) is 19.0. The molecular weight excluding hydrogens is 478 g/mol. The molecule has 6 aliphatic rings. The molecule has 0 radical (unpaired) electrons. The van der Waals surface area contributed by atoms with Crippen molar-refractivity contribution in [3.63, 3.8) is 0 Å². The van der Waals surface area contributed by atoms with E-state index in [0.29, 0.717) is 5.92 Å². The summed E-state index contributed by atoms with van der Waals surface area (Å²) < 4.78 is 0. The van der Waals surface area contributed by atoms with Crippen molar-refractivity contribution in [2.75, 3.05) is 45.8 Å². The van der Waals surface area contributed by atoms with E-state index in [9.17, 15) is 0 Å². The van der Waals surface area contributed by atoms with Crippen molar-refractivity contribution in [3.05, 3.63) is 70.4 Å². The lowest BCUT2D eigenvalue weighted by atomic mass is 9.85. The van der Waals surface area contributed by atoms with Gasteiger partial charge >= 0.3 is 0 Å². The van der Waals surface area contributed by atoms with Gasteiger partial charge in [-0.25, -0.2) is 0 Å². The lowest BCUT2D eigenvalue weighted by molar-refractivity contribution is 0.241. The Morgan fingerprint density at radius 1 is 0.872 bits per heavy atom. The van der Waals surface area contributed by atoms with Crippen molar-refractivity contribution in [3.8, 4) is 0 Å². The zero-order chi connectivity index (χ0) is 26.5. The lowest BCUT2D eigenvalue weighted by Crippen LogP contribution is -2.39. The number of aliphatic imine (C=N–C) groups is 1. The predicted molar refractivity (Wildman–Crippen MR) is 161 cm³/mol. The molecule has 0 N–H and O–H groups in total. The van der Waals surface area contributed by atoms with Gasteiger partial charge in [0, 0.05) is 73.5 Å². The normalized spacial score (nSPS) is 23.5. The predicted octanol–water partition coefficient (Wildman–Crippen LogP) is 6.32. The fourth-order valence-electron chi connectivity index (χ4n) is 7.60. The van der Waals surface area contributed by atoms with Crippen LogP contribution in [0.4, 0.5) is 0 Å². The Kier molecular flexibility index (Phi) is 6.64. The molecule has 39 heavy (non-hydrogen) atoms. The maximum Gasteiger partial charge on any atom is 0.0974 e. The Balaban J connectivity index is 0.972. The number of aromatic nitrogens is 1. The second kappa shape index (κ2) is 10.3. The van der Waals surface area contributed by atoms with Gasteiger partial charge in [-0.3, -0.25) is 9.98 Å². The largest absolute Gasteiger partial charge is 0.363 e. The molecule has 0 bridgehead atoms. The fraction of sp³-hybridized carbons (Fsp3) is 0.588. The molecule has 5 heterocycles. The molecule has 5 heteroatoms. The first-order valence-electron chi connectivity index (χ1n) is 15.6. The smallest absolute Gasteiger partial charge is 0.0974 e. The third kappa shape index (κ3) is 5.10. The summed E-state index contributed by atoms with van der Waals surface area (Å²) in [5.41, 5.74) is 12.5. The van der Waals surface area contributed by atoms with Crippen molar-refractivity contribution >= 4 is 11.4 Å². The fourth-order valence-corrected chi connectivity index (χ4v) is 7.60. The highest BCUT2D eigenvalue weighted by atomic mass is 15.3. The Bertz CT molecular complexity index is 1250. The van der Waals surface area contributed by atoms with Gasteiger partial charge in [0.25, 0.3) is 0 Å². The molecule has 2 aliphatic carbocycles. The van der Waals surface area contributed by atoms with Gasteiger partial charge in [-0.2, -0.15) is 0 Å². The van der Waals surface area contributed by atoms with E-state index in [1.54, 1.807) is 11.1 Å². The minimum Gasteiger partial charge on any atom is -0.363 e. The van der Waals surface area contributed by atoms with Crippen LogP contribution in [0.3, 0.4) is 0 Å². The molecule has 1 aromatic rings. The van der Waals surface area contributed by atoms with Gasteiger partial charge in [0.15, 0.2) is 0 Å². The second-order valence-corrected chi connectivity index (χ2v) is 13.0. The molecule has 2 saturated carbocycles. The Hall–Kier alpha value is -2.82. The summed E-state index contributed by atoms with van der Waals surface area (Å²) in [6, 6.07) is 4.72. The van der Waals surface area contributed by atoms with E-state index in [-0.39, 0.29) is 0 Å². The van der Waals surface area contributed by atoms with Crippen molar-refractivity contribution in [2.24, 2.45) is 10.9 Å². The van der Waals surface area contributed by atoms with Gasteiger partial charge in [-0.15, -0.1) is 0 Å². The van der Waals surface area contributed by atoms with Crippen LogP contribution in [0.2, 0.25) is 0 Å². The summed E-state index contributed by atoms with van der Waals surface area (Å²) >= 11 is 0. The molecular formula is C34H45N5. The van der Waals surface area contributed by atoms with Crippen molar-refractivity contribution < 1.29 is 0 Å². The van der Waals surface area contributed by atoms with Gasteiger partial charge < -0.3 is 14.7 Å². The molecule has 0 spiro atoms. The zero-order valence-electron chi connectivity index (χ0n) is 24.0. The average Bonchev–Trinajstić information content (AvgIpc) is 3.49. The third-order valence-corrected chi connectivity index (χ3v) is 10.3. The standard InChI is InChI=1S/C34H45N5/c1-23-33-13-14-37(18-29(33)17-35-23)25(3)39-21-30-19-38(20-31(30)22-39)24(2)28-15-32(36-34(16-28)27-10-11-27)12-9-26-7-5-4-6-8-26/h15-16,26-27H,2-14,17-22H2,1H3. The highest BCUT2D eigenvalue weighted by Gasteiger charge is 2.34. The molecule has 7 rings (SSSR count). The van der Waals surface area contributed by atoms with E-state index in [1.807, 2.05) is 0 Å². The van der Waals surface area contributed by atoms with E-state index < -0.39 is 0 Å². The molecule has 0 unspecified atom stereocenters. The van der Waals surface area contributed by atoms with Crippen molar-refractivity contribution in [1.82, 2.24) is 19.7 Å². The first-order valence-corrected chi connectivity index (χ1v) is 15.6. The summed E-state index contributed by atoms with van der Waals surface area (Å²) in [5.74, 6) is 2.77. The van der Waals surface area contributed by atoms with Crippen molar-refractivity contribution in [2.45, 2.75) is 77.0 Å². The molecule has 2 fully saturated rings. The van der Waals surface area contributed by atoms with Crippen LogP contribution in [0.1, 0.15) is 87.6 Å². The van der Waals surface area contributed by atoms with Crippen LogP contribution in [-0.2, 0) is 6.42 Å². The molecule has 4 aliphatic heterocycles. The Morgan fingerprint density at radius 3 is 2.33 bits per heavy atom. The molecule has 206 valence electrons. The van der Waals surface area contributed by atoms with Gasteiger partial charge in [0.05, 0.1) is 12.4 Å². The zero-order valence-corrected chi connectivity index (χ0v) is 24.0. The van der Waals surface area contributed by atoms with Gasteiger partial charge in [0.2, 0.25) is 0 Å². The number of pyridine rings is 1. The Labute approximate surface area is 235 Å². The lowest BCUT2D eigenvalue weighted by Gasteiger charge is -2.37. The van der Waals surface area contributed by atoms with Crippen molar-refractivity contribution in [1.29, 1.82) is 0 Å². The van der Waals surface area contributed by atoms with E-state index in [1.165, 1.54) is 96.7 Å². The minimum absolute atomic E-state index is 0.675. The van der Waals surface area contributed by atoms with Gasteiger partial charge in [-0.05, 0) is 79.4 Å². The quantitative estimate of drug-likeness (QED) is 0.374. The summed E-state index contributed by atoms with van der Waals surface area (Å²) in [4.78, 5) is 17.3. The van der Waals surface area contributed by atoms with E-state index >= 15 is 0 Å². The number of nitrogens with zero attached hydrogens (tertiary/aromatic N) is 5. The first kappa shape index (κ1) is 25.2. The maximum absolute atomic E-state index is 5.14. The molecule has 0 atom stereocenters. The summed E-state index contributed by atoms with van der Waals surface area (Å²) in [6.45, 7) is 18.3. The Morgan fingerprint density at radius 2 is 1.59 bits per heavy atom. The molecule has 0 amide bonds.